The first-order valence-corrected chi connectivity index (χ1v) is 6.42. The summed E-state index contributed by atoms with van der Waals surface area (Å²) in [6.07, 6.45) is 0. The average Bonchev–Trinajstić information content (AvgIpc) is 2.47. The number of rotatable bonds is 3. The Hall–Kier alpha value is -2.56. The number of halogens is 2. The predicted molar refractivity (Wildman–Crippen MR) is 76.3 cm³/mol. The minimum absolute atomic E-state index is 0.105. The highest BCUT2D eigenvalue weighted by molar-refractivity contribution is 5.85. The SMILES string of the molecule is Cc1ccc(-c2nc(OC(F)F)c3ccccc3n2)cc1. The smallest absolute Gasteiger partial charge is 0.388 e. The lowest BCUT2D eigenvalue weighted by molar-refractivity contribution is -0.0516. The average molecular weight is 286 g/mol. The standard InChI is InChI=1S/C16H12F2N2O/c1-10-6-8-11(9-7-10)14-19-13-5-3-2-4-12(13)15(20-14)21-16(17)18/h2-9,16H,1H3. The molecule has 0 unspecified atom stereocenters. The summed E-state index contributed by atoms with van der Waals surface area (Å²) in [6, 6.07) is 14.5. The van der Waals surface area contributed by atoms with Gasteiger partial charge in [0.1, 0.15) is 0 Å². The molecule has 21 heavy (non-hydrogen) atoms. The van der Waals surface area contributed by atoms with Gasteiger partial charge in [0.15, 0.2) is 5.82 Å². The van der Waals surface area contributed by atoms with Gasteiger partial charge in [-0.05, 0) is 19.1 Å². The minimum Gasteiger partial charge on any atom is -0.416 e. The maximum atomic E-state index is 12.6. The summed E-state index contributed by atoms with van der Waals surface area (Å²) < 4.78 is 29.6. The van der Waals surface area contributed by atoms with E-state index in [1.807, 2.05) is 31.2 Å². The summed E-state index contributed by atoms with van der Waals surface area (Å²) in [5.74, 6) is 0.260. The first kappa shape index (κ1) is 13.4. The van der Waals surface area contributed by atoms with Crippen LogP contribution < -0.4 is 4.74 Å². The molecule has 0 atom stereocenters. The van der Waals surface area contributed by atoms with Crippen molar-refractivity contribution in [1.29, 1.82) is 0 Å². The van der Waals surface area contributed by atoms with Gasteiger partial charge in [-0.25, -0.2) is 4.98 Å². The van der Waals surface area contributed by atoms with Crippen molar-refractivity contribution in [2.24, 2.45) is 0 Å². The molecule has 0 bridgehead atoms. The number of ether oxygens (including phenoxy) is 1. The zero-order valence-electron chi connectivity index (χ0n) is 11.3. The van der Waals surface area contributed by atoms with Crippen molar-refractivity contribution in [3.8, 4) is 17.3 Å². The van der Waals surface area contributed by atoms with E-state index in [0.717, 1.165) is 11.1 Å². The van der Waals surface area contributed by atoms with Gasteiger partial charge in [-0.3, -0.25) is 0 Å². The van der Waals surface area contributed by atoms with E-state index in [1.54, 1.807) is 24.3 Å². The number of alkyl halides is 2. The molecule has 3 nitrogen and oxygen atoms in total. The first-order valence-electron chi connectivity index (χ1n) is 6.42. The van der Waals surface area contributed by atoms with E-state index in [0.29, 0.717) is 16.7 Å². The summed E-state index contributed by atoms with van der Waals surface area (Å²) >= 11 is 0. The highest BCUT2D eigenvalue weighted by Gasteiger charge is 2.13. The molecular formula is C16H12F2N2O. The first-order chi connectivity index (χ1) is 10.1. The van der Waals surface area contributed by atoms with Gasteiger partial charge in [0.2, 0.25) is 5.88 Å². The van der Waals surface area contributed by atoms with Crippen LogP contribution in [0.25, 0.3) is 22.3 Å². The fourth-order valence-corrected chi connectivity index (χ4v) is 2.05. The third kappa shape index (κ3) is 2.81. The molecule has 2 aromatic carbocycles. The van der Waals surface area contributed by atoms with Crippen LogP contribution in [0, 0.1) is 6.92 Å². The Bertz CT molecular complexity index is 773. The molecule has 3 aromatic rings. The Kier molecular flexibility index (Phi) is 3.48. The molecule has 0 N–H and O–H groups in total. The van der Waals surface area contributed by atoms with Gasteiger partial charge in [-0.2, -0.15) is 13.8 Å². The zero-order chi connectivity index (χ0) is 14.8. The molecule has 3 rings (SSSR count). The van der Waals surface area contributed by atoms with E-state index in [9.17, 15) is 8.78 Å². The number of hydrogen-bond donors (Lipinski definition) is 0. The fraction of sp³-hybridized carbons (Fsp3) is 0.125. The number of fused-ring (bicyclic) bond motifs is 1. The van der Waals surface area contributed by atoms with Crippen molar-refractivity contribution < 1.29 is 13.5 Å². The quantitative estimate of drug-likeness (QED) is 0.723. The summed E-state index contributed by atoms with van der Waals surface area (Å²) in [7, 11) is 0. The Labute approximate surface area is 120 Å². The third-order valence-electron chi connectivity index (χ3n) is 3.08. The van der Waals surface area contributed by atoms with Gasteiger partial charge in [-0.1, -0.05) is 42.0 Å². The zero-order valence-corrected chi connectivity index (χ0v) is 11.3. The molecule has 5 heteroatoms. The van der Waals surface area contributed by atoms with E-state index in [2.05, 4.69) is 14.7 Å². The van der Waals surface area contributed by atoms with Crippen LogP contribution in [0.5, 0.6) is 5.88 Å². The van der Waals surface area contributed by atoms with Crippen molar-refractivity contribution in [1.82, 2.24) is 9.97 Å². The van der Waals surface area contributed by atoms with Crippen LogP contribution in [0.3, 0.4) is 0 Å². The molecule has 0 aliphatic heterocycles. The van der Waals surface area contributed by atoms with Crippen LogP contribution in [-0.4, -0.2) is 16.6 Å². The molecule has 1 heterocycles. The molecule has 1 aromatic heterocycles. The molecule has 0 saturated carbocycles. The third-order valence-corrected chi connectivity index (χ3v) is 3.08. The number of aryl methyl sites for hydroxylation is 1. The second-order valence-corrected chi connectivity index (χ2v) is 4.61. The van der Waals surface area contributed by atoms with E-state index < -0.39 is 6.61 Å². The monoisotopic (exact) mass is 286 g/mol. The second kappa shape index (κ2) is 5.44. The van der Waals surface area contributed by atoms with E-state index in [1.165, 1.54) is 0 Å². The van der Waals surface area contributed by atoms with E-state index >= 15 is 0 Å². The second-order valence-electron chi connectivity index (χ2n) is 4.61. The van der Waals surface area contributed by atoms with Crippen LogP contribution in [-0.2, 0) is 0 Å². The number of aromatic nitrogens is 2. The van der Waals surface area contributed by atoms with Gasteiger partial charge in [0.05, 0.1) is 10.9 Å². The summed E-state index contributed by atoms with van der Waals surface area (Å²) in [4.78, 5) is 8.53. The Morgan fingerprint density at radius 2 is 1.67 bits per heavy atom. The van der Waals surface area contributed by atoms with Crippen LogP contribution in [0.2, 0.25) is 0 Å². The highest BCUT2D eigenvalue weighted by atomic mass is 19.3. The maximum absolute atomic E-state index is 12.6. The van der Waals surface area contributed by atoms with Crippen molar-refractivity contribution >= 4 is 10.9 Å². The maximum Gasteiger partial charge on any atom is 0.388 e. The number of para-hydroxylation sites is 1. The van der Waals surface area contributed by atoms with Crippen molar-refractivity contribution in [3.05, 3.63) is 54.1 Å². The number of benzene rings is 2. The van der Waals surface area contributed by atoms with Crippen molar-refractivity contribution in [3.63, 3.8) is 0 Å². The number of nitrogens with zero attached hydrogens (tertiary/aromatic N) is 2. The Morgan fingerprint density at radius 1 is 0.952 bits per heavy atom. The van der Waals surface area contributed by atoms with Gasteiger partial charge in [0.25, 0.3) is 0 Å². The summed E-state index contributed by atoms with van der Waals surface area (Å²) in [5, 5.41) is 0.466. The van der Waals surface area contributed by atoms with Crippen LogP contribution >= 0.6 is 0 Å². The minimum atomic E-state index is -2.92. The van der Waals surface area contributed by atoms with Crippen molar-refractivity contribution in [2.75, 3.05) is 0 Å². The van der Waals surface area contributed by atoms with E-state index in [-0.39, 0.29) is 5.88 Å². The lowest BCUT2D eigenvalue weighted by Crippen LogP contribution is -2.05. The van der Waals surface area contributed by atoms with Crippen LogP contribution in [0.15, 0.2) is 48.5 Å². The molecule has 0 fully saturated rings. The van der Waals surface area contributed by atoms with Crippen LogP contribution in [0.4, 0.5) is 8.78 Å². The molecule has 0 aliphatic carbocycles. The molecule has 0 amide bonds. The summed E-state index contributed by atoms with van der Waals surface area (Å²) in [5.41, 5.74) is 2.42. The fourth-order valence-electron chi connectivity index (χ4n) is 2.05. The lowest BCUT2D eigenvalue weighted by atomic mass is 10.1. The normalized spacial score (nSPS) is 11.0. The molecule has 106 valence electrons. The van der Waals surface area contributed by atoms with Gasteiger partial charge in [0, 0.05) is 5.56 Å². The largest absolute Gasteiger partial charge is 0.416 e. The van der Waals surface area contributed by atoms with Crippen molar-refractivity contribution in [2.45, 2.75) is 13.5 Å². The highest BCUT2D eigenvalue weighted by Crippen LogP contribution is 2.27. The molecule has 0 saturated heterocycles. The molecule has 0 spiro atoms. The molecule has 0 radical (unpaired) electrons. The lowest BCUT2D eigenvalue weighted by Gasteiger charge is -2.09. The molecular weight excluding hydrogens is 274 g/mol. The van der Waals surface area contributed by atoms with Crippen LogP contribution in [0.1, 0.15) is 5.56 Å². The number of hydrogen-bond acceptors (Lipinski definition) is 3. The predicted octanol–water partition coefficient (Wildman–Crippen LogP) is 4.21. The Morgan fingerprint density at radius 3 is 2.38 bits per heavy atom. The van der Waals surface area contributed by atoms with E-state index in [4.69, 9.17) is 0 Å². The van der Waals surface area contributed by atoms with Gasteiger partial charge < -0.3 is 4.74 Å². The van der Waals surface area contributed by atoms with Gasteiger partial charge in [-0.15, -0.1) is 0 Å². The summed E-state index contributed by atoms with van der Waals surface area (Å²) in [6.45, 7) is -0.953. The molecule has 0 aliphatic rings. The Balaban J connectivity index is 2.17. The topological polar surface area (TPSA) is 35.0 Å². The van der Waals surface area contributed by atoms with Gasteiger partial charge >= 0.3 is 6.61 Å².